The van der Waals surface area contributed by atoms with Crippen LogP contribution in [-0.2, 0) is 16.4 Å². The Kier molecular flexibility index (Phi) is 11.1. The molecule has 0 aliphatic carbocycles. The lowest BCUT2D eigenvalue weighted by molar-refractivity contribution is 0.477. The number of nitrogens with zero attached hydrogens (tertiary/aromatic N) is 2. The van der Waals surface area contributed by atoms with E-state index in [1.54, 1.807) is 6.92 Å². The number of hydrogen-bond donors (Lipinski definition) is 1. The highest BCUT2D eigenvalue weighted by Gasteiger charge is 2.09. The van der Waals surface area contributed by atoms with Crippen molar-refractivity contribution in [3.63, 3.8) is 0 Å². The highest BCUT2D eigenvalue weighted by atomic mass is 127. The number of rotatable bonds is 7. The number of guanidine groups is 1. The minimum absolute atomic E-state index is 0. The van der Waals surface area contributed by atoms with E-state index in [2.05, 4.69) is 26.2 Å². The largest absolute Gasteiger partial charge is 0.357 e. The molecular weight excluding hydrogens is 493 g/mol. The van der Waals surface area contributed by atoms with Crippen molar-refractivity contribution in [2.45, 2.75) is 20.4 Å². The van der Waals surface area contributed by atoms with Crippen LogP contribution in [0.2, 0.25) is 0 Å². The van der Waals surface area contributed by atoms with Crippen LogP contribution in [0.3, 0.4) is 0 Å². The van der Waals surface area contributed by atoms with Gasteiger partial charge in [0.1, 0.15) is 0 Å². The smallest absolute Gasteiger partial charge is 0.193 e. The molecule has 0 fully saturated rings. The molecule has 0 radical (unpaired) electrons. The van der Waals surface area contributed by atoms with E-state index >= 15 is 0 Å². The van der Waals surface area contributed by atoms with Gasteiger partial charge in [-0.2, -0.15) is 0 Å². The second-order valence-corrected chi connectivity index (χ2v) is 8.34. The van der Waals surface area contributed by atoms with Crippen LogP contribution < -0.4 is 5.32 Å². The summed E-state index contributed by atoms with van der Waals surface area (Å²) in [5.41, 5.74) is 1.16. The van der Waals surface area contributed by atoms with Crippen molar-refractivity contribution in [3.8, 4) is 0 Å². The summed E-state index contributed by atoms with van der Waals surface area (Å²) in [7, 11) is -1.04. The minimum atomic E-state index is -2.98. The van der Waals surface area contributed by atoms with Gasteiger partial charge in [-0.15, -0.1) is 24.0 Å². The molecule has 0 bridgehead atoms. The number of nitrogens with one attached hydrogen (secondary N) is 1. The molecule has 1 rings (SSSR count). The molecule has 0 saturated carbocycles. The van der Waals surface area contributed by atoms with Gasteiger partial charge in [0.25, 0.3) is 0 Å². The first kappa shape index (κ1) is 22.6. The topological polar surface area (TPSA) is 61.8 Å². The number of benzene rings is 1. The second-order valence-electron chi connectivity index (χ2n) is 4.95. The quantitative estimate of drug-likeness (QED) is 0.343. The van der Waals surface area contributed by atoms with Crippen LogP contribution in [0.25, 0.3) is 0 Å². The molecule has 0 atom stereocenters. The number of halogens is 2. The van der Waals surface area contributed by atoms with Gasteiger partial charge >= 0.3 is 0 Å². The monoisotopic (exact) mass is 517 g/mol. The van der Waals surface area contributed by atoms with E-state index in [-0.39, 0.29) is 42.0 Å². The molecule has 0 aliphatic heterocycles. The standard InChI is InChI=1S/C15H24BrN3O2S.HI/c1-4-17-15(18-10-11-22(20,21)5-2)19(3)12-13-6-8-14(16)9-7-13;/h6-9H,4-5,10-12H2,1-3H3,(H,17,18);1H. The Labute approximate surface area is 165 Å². The van der Waals surface area contributed by atoms with Crippen molar-refractivity contribution >= 4 is 55.7 Å². The number of hydrogen-bond acceptors (Lipinski definition) is 3. The Balaban J connectivity index is 0.00000484. The van der Waals surface area contributed by atoms with Crippen LogP contribution in [0.5, 0.6) is 0 Å². The lowest BCUT2D eigenvalue weighted by atomic mass is 10.2. The third-order valence-electron chi connectivity index (χ3n) is 3.13. The fraction of sp³-hybridized carbons (Fsp3) is 0.533. The van der Waals surface area contributed by atoms with Crippen molar-refractivity contribution < 1.29 is 8.42 Å². The van der Waals surface area contributed by atoms with Crippen LogP contribution in [0.4, 0.5) is 0 Å². The predicted octanol–water partition coefficient (Wildman–Crippen LogP) is 2.90. The summed E-state index contributed by atoms with van der Waals surface area (Å²) in [6, 6.07) is 8.10. The van der Waals surface area contributed by atoms with Crippen molar-refractivity contribution in [3.05, 3.63) is 34.3 Å². The van der Waals surface area contributed by atoms with Gasteiger partial charge in [0.15, 0.2) is 15.8 Å². The fourth-order valence-corrected chi connectivity index (χ4v) is 2.77. The average molecular weight is 518 g/mol. The summed E-state index contributed by atoms with van der Waals surface area (Å²) in [4.78, 5) is 6.39. The Morgan fingerprint density at radius 1 is 1.26 bits per heavy atom. The fourth-order valence-electron chi connectivity index (χ4n) is 1.84. The van der Waals surface area contributed by atoms with Crippen LogP contribution in [0, 0.1) is 0 Å². The van der Waals surface area contributed by atoms with E-state index < -0.39 is 9.84 Å². The first-order chi connectivity index (χ1) is 10.4. The molecule has 0 saturated heterocycles. The third-order valence-corrected chi connectivity index (χ3v) is 5.35. The van der Waals surface area contributed by atoms with Crippen molar-refractivity contribution in [2.24, 2.45) is 4.99 Å². The minimum Gasteiger partial charge on any atom is -0.357 e. The van der Waals surface area contributed by atoms with Gasteiger partial charge in [-0.25, -0.2) is 8.42 Å². The average Bonchev–Trinajstić information content (AvgIpc) is 2.48. The summed E-state index contributed by atoms with van der Waals surface area (Å²) in [6.45, 7) is 5.38. The van der Waals surface area contributed by atoms with E-state index in [1.807, 2.05) is 43.1 Å². The maximum atomic E-state index is 11.5. The van der Waals surface area contributed by atoms with Crippen molar-refractivity contribution in [2.75, 3.05) is 31.6 Å². The number of aliphatic imine (C=N–C) groups is 1. The molecule has 1 aromatic carbocycles. The lowest BCUT2D eigenvalue weighted by Gasteiger charge is -2.22. The van der Waals surface area contributed by atoms with Crippen LogP contribution in [-0.4, -0.2) is 50.9 Å². The lowest BCUT2D eigenvalue weighted by Crippen LogP contribution is -2.38. The van der Waals surface area contributed by atoms with Crippen molar-refractivity contribution in [1.82, 2.24) is 10.2 Å². The zero-order chi connectivity index (χ0) is 16.6. The Bertz CT molecular complexity index is 591. The molecule has 0 amide bonds. The molecule has 5 nitrogen and oxygen atoms in total. The van der Waals surface area contributed by atoms with E-state index in [1.165, 1.54) is 0 Å². The summed E-state index contributed by atoms with van der Waals surface area (Å²) in [5.74, 6) is 0.968. The molecule has 0 aromatic heterocycles. The highest BCUT2D eigenvalue weighted by Crippen LogP contribution is 2.11. The zero-order valence-electron chi connectivity index (χ0n) is 13.8. The SMILES string of the molecule is CCNC(=NCCS(=O)(=O)CC)N(C)Cc1ccc(Br)cc1.I. The summed E-state index contributed by atoms with van der Waals surface area (Å²) < 4.78 is 24.1. The molecule has 23 heavy (non-hydrogen) atoms. The molecule has 0 spiro atoms. The Morgan fingerprint density at radius 3 is 2.39 bits per heavy atom. The van der Waals surface area contributed by atoms with E-state index in [9.17, 15) is 8.42 Å². The van der Waals surface area contributed by atoms with Crippen LogP contribution >= 0.6 is 39.9 Å². The molecule has 0 unspecified atom stereocenters. The summed E-state index contributed by atoms with van der Waals surface area (Å²) in [6.07, 6.45) is 0. The van der Waals surface area contributed by atoms with E-state index in [0.717, 1.165) is 22.5 Å². The molecule has 8 heteroatoms. The van der Waals surface area contributed by atoms with Gasteiger partial charge in [0, 0.05) is 30.4 Å². The van der Waals surface area contributed by atoms with Crippen molar-refractivity contribution in [1.29, 1.82) is 0 Å². The Hall–Kier alpha value is -0.350. The summed E-state index contributed by atoms with van der Waals surface area (Å²) in [5, 5.41) is 3.19. The summed E-state index contributed by atoms with van der Waals surface area (Å²) >= 11 is 3.42. The zero-order valence-corrected chi connectivity index (χ0v) is 18.5. The van der Waals surface area contributed by atoms with Gasteiger partial charge in [-0.3, -0.25) is 4.99 Å². The first-order valence-electron chi connectivity index (χ1n) is 7.32. The maximum absolute atomic E-state index is 11.5. The molecule has 0 aliphatic rings. The molecule has 1 N–H and O–H groups in total. The third kappa shape index (κ3) is 8.90. The molecular formula is C15H25BrIN3O2S. The predicted molar refractivity (Wildman–Crippen MR) is 111 cm³/mol. The van der Waals surface area contributed by atoms with Crippen LogP contribution in [0.1, 0.15) is 19.4 Å². The van der Waals surface area contributed by atoms with Gasteiger partial charge in [0.05, 0.1) is 12.3 Å². The molecule has 1 aromatic rings. The van der Waals surface area contributed by atoms with Gasteiger partial charge in [-0.1, -0.05) is 35.0 Å². The van der Waals surface area contributed by atoms with Gasteiger partial charge in [-0.05, 0) is 24.6 Å². The van der Waals surface area contributed by atoms with Crippen LogP contribution in [0.15, 0.2) is 33.7 Å². The molecule has 132 valence electrons. The van der Waals surface area contributed by atoms with Gasteiger partial charge < -0.3 is 10.2 Å². The normalized spacial score (nSPS) is 11.7. The highest BCUT2D eigenvalue weighted by molar-refractivity contribution is 14.0. The second kappa shape index (κ2) is 11.2. The maximum Gasteiger partial charge on any atom is 0.193 e. The first-order valence-corrected chi connectivity index (χ1v) is 9.93. The van der Waals surface area contributed by atoms with Gasteiger partial charge in [0.2, 0.25) is 0 Å². The van der Waals surface area contributed by atoms with E-state index in [0.29, 0.717) is 6.54 Å². The Morgan fingerprint density at radius 2 is 1.87 bits per heavy atom. The van der Waals surface area contributed by atoms with E-state index in [4.69, 9.17) is 0 Å². The number of sulfone groups is 1. The molecule has 0 heterocycles.